The zero-order valence-electron chi connectivity index (χ0n) is 19.2. The van der Waals surface area contributed by atoms with Crippen molar-refractivity contribution in [2.45, 2.75) is 39.3 Å². The van der Waals surface area contributed by atoms with Crippen LogP contribution < -0.4 is 9.64 Å². The Bertz CT molecular complexity index is 976. The molecule has 0 spiro atoms. The van der Waals surface area contributed by atoms with Gasteiger partial charge < -0.3 is 19.4 Å². The first-order valence-electron chi connectivity index (χ1n) is 10.4. The Balaban J connectivity index is 1.90. The Labute approximate surface area is 183 Å². The largest absolute Gasteiger partial charge is 0.496 e. The van der Waals surface area contributed by atoms with Gasteiger partial charge in [-0.3, -0.25) is 9.59 Å². The minimum atomic E-state index is -0.140. The number of methoxy groups -OCH3 is 1. The normalized spacial score (nSPS) is 15.7. The summed E-state index contributed by atoms with van der Waals surface area (Å²) in [6.07, 6.45) is 1.77. The minimum Gasteiger partial charge on any atom is -0.496 e. The predicted molar refractivity (Wildman–Crippen MR) is 119 cm³/mol. The molecular weight excluding hydrogens is 394 g/mol. The van der Waals surface area contributed by atoms with Gasteiger partial charge in [0.1, 0.15) is 11.6 Å². The fraction of sp³-hybridized carbons (Fsp3) is 0.478. The summed E-state index contributed by atoms with van der Waals surface area (Å²) in [4.78, 5) is 40.0. The molecule has 3 rings (SSSR count). The van der Waals surface area contributed by atoms with E-state index in [-0.39, 0.29) is 17.9 Å². The van der Waals surface area contributed by atoms with Gasteiger partial charge in [0.15, 0.2) is 5.82 Å². The highest BCUT2D eigenvalue weighted by molar-refractivity contribution is 5.97. The first-order valence-corrected chi connectivity index (χ1v) is 10.4. The van der Waals surface area contributed by atoms with Crippen LogP contribution in [0.25, 0.3) is 0 Å². The lowest BCUT2D eigenvalue weighted by Gasteiger charge is -2.25. The molecular formula is C23H31N5O3. The number of aromatic nitrogens is 2. The summed E-state index contributed by atoms with van der Waals surface area (Å²) in [6, 6.07) is 7.28. The van der Waals surface area contributed by atoms with E-state index in [1.165, 1.54) is 0 Å². The zero-order valence-corrected chi connectivity index (χ0v) is 19.2. The smallest absolute Gasteiger partial charge is 0.257 e. The van der Waals surface area contributed by atoms with Crippen molar-refractivity contribution in [2.75, 3.05) is 39.7 Å². The topological polar surface area (TPSA) is 78.9 Å². The van der Waals surface area contributed by atoms with E-state index in [4.69, 9.17) is 14.7 Å². The van der Waals surface area contributed by atoms with Gasteiger partial charge in [0, 0.05) is 40.7 Å². The van der Waals surface area contributed by atoms with Gasteiger partial charge in [-0.15, -0.1) is 0 Å². The number of likely N-dealkylation sites (tertiary alicyclic amines) is 1. The van der Waals surface area contributed by atoms with Crippen LogP contribution in [0.4, 0.5) is 5.82 Å². The third kappa shape index (κ3) is 4.78. The summed E-state index contributed by atoms with van der Waals surface area (Å²) in [7, 11) is 7.15. The Morgan fingerprint density at radius 2 is 1.97 bits per heavy atom. The molecule has 1 aromatic heterocycles. The lowest BCUT2D eigenvalue weighted by atomic mass is 10.1. The van der Waals surface area contributed by atoms with Crippen molar-refractivity contribution in [3.05, 3.63) is 46.9 Å². The second-order valence-corrected chi connectivity index (χ2v) is 8.16. The molecule has 2 amide bonds. The molecule has 0 aliphatic carbocycles. The van der Waals surface area contributed by atoms with Crippen LogP contribution in [0.15, 0.2) is 24.3 Å². The van der Waals surface area contributed by atoms with Crippen LogP contribution in [0.2, 0.25) is 0 Å². The van der Waals surface area contributed by atoms with Gasteiger partial charge >= 0.3 is 0 Å². The Hall–Kier alpha value is -3.16. The molecule has 1 aliphatic heterocycles. The van der Waals surface area contributed by atoms with Crippen molar-refractivity contribution in [1.82, 2.24) is 19.8 Å². The number of carbonyl (C=O) groups excluding carboxylic acids is 2. The van der Waals surface area contributed by atoms with Gasteiger partial charge in [-0.25, -0.2) is 9.97 Å². The third-order valence-corrected chi connectivity index (χ3v) is 5.59. The van der Waals surface area contributed by atoms with Crippen molar-refractivity contribution in [3.8, 4) is 5.75 Å². The molecule has 2 heterocycles. The van der Waals surface area contributed by atoms with Crippen LogP contribution >= 0.6 is 0 Å². The number of ether oxygens (including phenoxy) is 1. The van der Waals surface area contributed by atoms with E-state index in [0.29, 0.717) is 23.7 Å². The second kappa shape index (κ2) is 9.32. The second-order valence-electron chi connectivity index (χ2n) is 8.16. The van der Waals surface area contributed by atoms with Gasteiger partial charge in [-0.05, 0) is 31.4 Å². The molecule has 1 saturated heterocycles. The van der Waals surface area contributed by atoms with Crippen LogP contribution in [0.5, 0.6) is 5.75 Å². The van der Waals surface area contributed by atoms with Gasteiger partial charge in [0.2, 0.25) is 5.91 Å². The number of amides is 2. The summed E-state index contributed by atoms with van der Waals surface area (Å²) in [6.45, 7) is 4.53. The van der Waals surface area contributed by atoms with Crippen LogP contribution in [0, 0.1) is 6.92 Å². The number of aryl methyl sites for hydroxylation is 1. The van der Waals surface area contributed by atoms with E-state index in [9.17, 15) is 9.59 Å². The summed E-state index contributed by atoms with van der Waals surface area (Å²) in [5, 5.41) is 0. The SMILES string of the molecule is COc1c(C)cccc1C(=O)N(C)Cc1cc(N(C)C)nc([C@@H]2CCCN2C(C)=O)n1. The molecule has 8 nitrogen and oxygen atoms in total. The van der Waals surface area contributed by atoms with Crippen LogP contribution in [0.3, 0.4) is 0 Å². The van der Waals surface area contributed by atoms with Crippen molar-refractivity contribution in [3.63, 3.8) is 0 Å². The molecule has 8 heteroatoms. The zero-order chi connectivity index (χ0) is 22.7. The Morgan fingerprint density at radius 3 is 2.61 bits per heavy atom. The van der Waals surface area contributed by atoms with Gasteiger partial charge in [-0.2, -0.15) is 0 Å². The molecule has 1 aliphatic rings. The summed E-state index contributed by atoms with van der Waals surface area (Å²) >= 11 is 0. The molecule has 0 bridgehead atoms. The fourth-order valence-corrected chi connectivity index (χ4v) is 3.99. The standard InChI is InChI=1S/C23H31N5O3/c1-15-9-7-10-18(21(15)31-6)23(30)27(5)14-17-13-20(26(3)4)25-22(24-17)19-11-8-12-28(19)16(2)29/h7,9-10,13,19H,8,11-12,14H2,1-6H3/t19-/m0/s1. The van der Waals surface area contributed by atoms with Crippen molar-refractivity contribution in [1.29, 1.82) is 0 Å². The minimum absolute atomic E-state index is 0.0294. The predicted octanol–water partition coefficient (Wildman–Crippen LogP) is 2.82. The summed E-state index contributed by atoms with van der Waals surface area (Å²) in [5.74, 6) is 1.85. The van der Waals surface area contributed by atoms with E-state index >= 15 is 0 Å². The Morgan fingerprint density at radius 1 is 1.23 bits per heavy atom. The average Bonchev–Trinajstić information content (AvgIpc) is 3.23. The van der Waals surface area contributed by atoms with Crippen LogP contribution in [0.1, 0.15) is 53.2 Å². The third-order valence-electron chi connectivity index (χ3n) is 5.59. The van der Waals surface area contributed by atoms with Gasteiger partial charge in [0.05, 0.1) is 31.0 Å². The highest BCUT2D eigenvalue weighted by Crippen LogP contribution is 2.31. The van der Waals surface area contributed by atoms with Crippen LogP contribution in [-0.4, -0.2) is 66.4 Å². The van der Waals surface area contributed by atoms with E-state index < -0.39 is 0 Å². The van der Waals surface area contributed by atoms with Crippen molar-refractivity contribution < 1.29 is 14.3 Å². The first kappa shape index (κ1) is 22.5. The molecule has 31 heavy (non-hydrogen) atoms. The maximum Gasteiger partial charge on any atom is 0.257 e. The number of anilines is 1. The number of benzene rings is 1. The summed E-state index contributed by atoms with van der Waals surface area (Å²) in [5.41, 5.74) is 2.16. The molecule has 166 valence electrons. The lowest BCUT2D eigenvalue weighted by molar-refractivity contribution is -0.129. The number of para-hydroxylation sites is 1. The number of carbonyl (C=O) groups is 2. The molecule has 1 atom stereocenters. The molecule has 0 unspecified atom stereocenters. The monoisotopic (exact) mass is 425 g/mol. The summed E-state index contributed by atoms with van der Waals surface area (Å²) < 4.78 is 5.45. The number of hydrogen-bond donors (Lipinski definition) is 0. The lowest BCUT2D eigenvalue weighted by Crippen LogP contribution is -2.31. The maximum absolute atomic E-state index is 13.1. The van der Waals surface area contributed by atoms with E-state index in [0.717, 1.165) is 36.5 Å². The Kier molecular flexibility index (Phi) is 6.77. The highest BCUT2D eigenvalue weighted by Gasteiger charge is 2.31. The number of rotatable bonds is 6. The average molecular weight is 426 g/mol. The first-order chi connectivity index (χ1) is 14.7. The molecule has 2 aromatic rings. The van der Waals surface area contributed by atoms with Crippen molar-refractivity contribution >= 4 is 17.6 Å². The van der Waals surface area contributed by atoms with Crippen LogP contribution in [-0.2, 0) is 11.3 Å². The molecule has 0 N–H and O–H groups in total. The highest BCUT2D eigenvalue weighted by atomic mass is 16.5. The van der Waals surface area contributed by atoms with Gasteiger partial charge in [-0.1, -0.05) is 12.1 Å². The van der Waals surface area contributed by atoms with E-state index in [1.807, 2.05) is 49.0 Å². The molecule has 0 saturated carbocycles. The fourth-order valence-electron chi connectivity index (χ4n) is 3.99. The van der Waals surface area contributed by atoms with Crippen molar-refractivity contribution in [2.24, 2.45) is 0 Å². The molecule has 1 aromatic carbocycles. The molecule has 1 fully saturated rings. The number of hydrogen-bond acceptors (Lipinski definition) is 6. The van der Waals surface area contributed by atoms with Gasteiger partial charge in [0.25, 0.3) is 5.91 Å². The number of nitrogens with zero attached hydrogens (tertiary/aromatic N) is 5. The maximum atomic E-state index is 13.1. The molecule has 0 radical (unpaired) electrons. The van der Waals surface area contributed by atoms with E-state index in [2.05, 4.69) is 0 Å². The quantitative estimate of drug-likeness (QED) is 0.708. The van der Waals surface area contributed by atoms with E-state index in [1.54, 1.807) is 32.0 Å².